The number of thiol groups is 1. The second-order valence-electron chi connectivity index (χ2n) is 9.48. The van der Waals surface area contributed by atoms with E-state index >= 15 is 0 Å². The van der Waals surface area contributed by atoms with Crippen molar-refractivity contribution in [2.45, 2.75) is 82.1 Å². The molecule has 0 amide bonds. The molecule has 3 heterocycles. The van der Waals surface area contributed by atoms with E-state index < -0.39 is 16.9 Å². The summed E-state index contributed by atoms with van der Waals surface area (Å²) >= 11 is 0. The molecule has 12 heteroatoms. The molecule has 1 N–H and O–H groups in total. The monoisotopic (exact) mass is 508 g/mol. The summed E-state index contributed by atoms with van der Waals surface area (Å²) in [6, 6.07) is -0.539. The van der Waals surface area contributed by atoms with Crippen LogP contribution in [0.15, 0.2) is 12.4 Å². The summed E-state index contributed by atoms with van der Waals surface area (Å²) in [5.74, 6) is 1.96. The molecule has 2 fully saturated rings. The summed E-state index contributed by atoms with van der Waals surface area (Å²) < 4.78 is 45.4. The highest BCUT2D eigenvalue weighted by Crippen LogP contribution is 2.38. The van der Waals surface area contributed by atoms with Crippen LogP contribution >= 0.6 is 0 Å². The van der Waals surface area contributed by atoms with Gasteiger partial charge in [-0.05, 0) is 45.1 Å². The Morgan fingerprint density at radius 3 is 2.40 bits per heavy atom. The van der Waals surface area contributed by atoms with Crippen LogP contribution in [0.4, 0.5) is 0 Å². The fraction of sp³-hybridized carbons (Fsp3) is 0.739. The number of methoxy groups -OCH3 is 2. The number of nitrogens with one attached hydrogen (secondary N) is 1. The standard InChI is InChI=1S/C23H36N6O5S/c1-14-11-24-22(25-12-14)17(15(2)28-35(30)31)10-20-26-27-23(16-8-9-34-13-16)29(20)21-18(32-3)6-5-7-19(21)33-4/h11-12,15-19,21,35H,5-10,13H2,1-4H3,(H,28,30,31)/t15-,16+,17-,18-,19+,21+/m1/s1. The van der Waals surface area contributed by atoms with Crippen LogP contribution in [0.25, 0.3) is 0 Å². The molecule has 1 aliphatic heterocycles. The van der Waals surface area contributed by atoms with Gasteiger partial charge in [0.15, 0.2) is 0 Å². The smallest absolute Gasteiger partial charge is 0.201 e. The molecule has 0 spiro atoms. The topological polar surface area (TPSA) is 130 Å². The normalized spacial score (nSPS) is 26.8. The minimum atomic E-state index is -2.79. The summed E-state index contributed by atoms with van der Waals surface area (Å²) in [6.45, 7) is 5.03. The maximum absolute atomic E-state index is 11.5. The van der Waals surface area contributed by atoms with E-state index in [4.69, 9.17) is 14.2 Å². The van der Waals surface area contributed by atoms with E-state index in [1.807, 2.05) is 13.8 Å². The van der Waals surface area contributed by atoms with Crippen LogP contribution in [0.2, 0.25) is 0 Å². The Balaban J connectivity index is 1.77. The van der Waals surface area contributed by atoms with Gasteiger partial charge in [-0.2, -0.15) is 0 Å². The van der Waals surface area contributed by atoms with Crippen LogP contribution in [0.1, 0.15) is 73.5 Å². The van der Waals surface area contributed by atoms with Gasteiger partial charge in [-0.15, -0.1) is 10.2 Å². The first kappa shape index (κ1) is 26.1. The van der Waals surface area contributed by atoms with Crippen molar-refractivity contribution in [1.29, 1.82) is 0 Å². The van der Waals surface area contributed by atoms with Gasteiger partial charge in [0.1, 0.15) is 17.5 Å². The first-order chi connectivity index (χ1) is 16.9. The van der Waals surface area contributed by atoms with Crippen molar-refractivity contribution >= 4 is 10.9 Å². The second-order valence-corrected chi connectivity index (χ2v) is 10.3. The molecule has 1 saturated heterocycles. The highest BCUT2D eigenvalue weighted by atomic mass is 32.2. The maximum Gasteiger partial charge on any atom is 0.201 e. The third-order valence-electron chi connectivity index (χ3n) is 7.18. The lowest BCUT2D eigenvalue weighted by Crippen LogP contribution is -2.42. The highest BCUT2D eigenvalue weighted by Gasteiger charge is 2.40. The molecule has 4 rings (SSSR count). The molecular formula is C23H36N6O5S. The van der Waals surface area contributed by atoms with E-state index in [1.54, 1.807) is 26.6 Å². The van der Waals surface area contributed by atoms with Gasteiger partial charge in [0, 0.05) is 57.5 Å². The molecule has 0 radical (unpaired) electrons. The number of nitrogens with zero attached hydrogens (tertiary/aromatic N) is 5. The summed E-state index contributed by atoms with van der Waals surface area (Å²) in [5, 5.41) is 9.26. The average Bonchev–Trinajstić information content (AvgIpc) is 3.52. The Kier molecular flexibility index (Phi) is 8.82. The van der Waals surface area contributed by atoms with Crippen LogP contribution in [0.3, 0.4) is 0 Å². The van der Waals surface area contributed by atoms with Gasteiger partial charge >= 0.3 is 0 Å². The van der Waals surface area contributed by atoms with E-state index in [2.05, 4.69) is 29.5 Å². The number of hydrogen-bond acceptors (Lipinski definition) is 9. The van der Waals surface area contributed by atoms with Gasteiger partial charge < -0.3 is 18.8 Å². The highest BCUT2D eigenvalue weighted by molar-refractivity contribution is 7.70. The van der Waals surface area contributed by atoms with Gasteiger partial charge in [-0.25, -0.2) is 23.1 Å². The predicted octanol–water partition coefficient (Wildman–Crippen LogP) is 1.47. The minimum Gasteiger partial charge on any atom is -0.381 e. The number of aryl methyl sites for hydroxylation is 1. The Morgan fingerprint density at radius 2 is 1.83 bits per heavy atom. The lowest BCUT2D eigenvalue weighted by Gasteiger charge is -2.39. The lowest BCUT2D eigenvalue weighted by molar-refractivity contribution is -0.0580. The molecule has 194 valence electrons. The zero-order valence-corrected chi connectivity index (χ0v) is 21.7. The largest absolute Gasteiger partial charge is 0.381 e. The van der Waals surface area contributed by atoms with E-state index in [-0.39, 0.29) is 30.1 Å². The van der Waals surface area contributed by atoms with E-state index in [0.29, 0.717) is 25.5 Å². The van der Waals surface area contributed by atoms with Crippen molar-refractivity contribution < 1.29 is 22.6 Å². The molecule has 1 aliphatic carbocycles. The third-order valence-corrected chi connectivity index (χ3v) is 7.80. The van der Waals surface area contributed by atoms with Crippen LogP contribution in [-0.4, -0.2) is 78.8 Å². The molecular weight excluding hydrogens is 472 g/mol. The molecule has 11 nitrogen and oxygen atoms in total. The molecule has 0 unspecified atom stereocenters. The first-order valence-corrected chi connectivity index (χ1v) is 13.4. The Bertz CT molecular complexity index is 1020. The zero-order valence-electron chi connectivity index (χ0n) is 20.8. The van der Waals surface area contributed by atoms with Gasteiger partial charge in [-0.1, -0.05) is 0 Å². The molecule has 0 aromatic carbocycles. The van der Waals surface area contributed by atoms with Crippen molar-refractivity contribution in [3.05, 3.63) is 35.4 Å². The van der Waals surface area contributed by atoms with Crippen molar-refractivity contribution in [3.8, 4) is 0 Å². The quantitative estimate of drug-likeness (QED) is 0.458. The van der Waals surface area contributed by atoms with Crippen molar-refractivity contribution in [2.24, 2.45) is 0 Å². The SMILES string of the molecule is CO[C@H]1CCC[C@@H](OC)[C@@H]1n1c(C[C@@H](c2ncc(C)cn2)[C@@H](C)N[SH](=O)=O)nnc1[C@H]1CCOC1. The second kappa shape index (κ2) is 11.8. The zero-order chi connectivity index (χ0) is 24.9. The predicted molar refractivity (Wildman–Crippen MR) is 129 cm³/mol. The molecule has 6 atom stereocenters. The molecule has 2 aromatic rings. The van der Waals surface area contributed by atoms with Gasteiger partial charge in [-0.3, -0.25) is 0 Å². The number of ether oxygens (including phenoxy) is 3. The summed E-state index contributed by atoms with van der Waals surface area (Å²) in [4.78, 5) is 9.03. The van der Waals surface area contributed by atoms with E-state index in [1.165, 1.54) is 0 Å². The third kappa shape index (κ3) is 5.88. The Hall–Kier alpha value is -1.99. The van der Waals surface area contributed by atoms with Gasteiger partial charge in [0.2, 0.25) is 10.9 Å². The van der Waals surface area contributed by atoms with E-state index in [9.17, 15) is 8.42 Å². The summed E-state index contributed by atoms with van der Waals surface area (Å²) in [6.07, 6.45) is 7.52. The number of aromatic nitrogens is 5. The van der Waals surface area contributed by atoms with Crippen molar-refractivity contribution in [2.75, 3.05) is 27.4 Å². The summed E-state index contributed by atoms with van der Waals surface area (Å²) in [7, 11) is 0.678. The van der Waals surface area contributed by atoms with Crippen LogP contribution in [0, 0.1) is 6.92 Å². The van der Waals surface area contributed by atoms with Crippen LogP contribution in [0.5, 0.6) is 0 Å². The lowest BCUT2D eigenvalue weighted by atomic mass is 9.88. The van der Waals surface area contributed by atoms with Crippen LogP contribution < -0.4 is 4.72 Å². The minimum absolute atomic E-state index is 0.0507. The Labute approximate surface area is 208 Å². The fourth-order valence-corrected chi connectivity index (χ4v) is 5.82. The average molecular weight is 509 g/mol. The van der Waals surface area contributed by atoms with Gasteiger partial charge in [0.25, 0.3) is 0 Å². The van der Waals surface area contributed by atoms with Gasteiger partial charge in [0.05, 0.1) is 24.9 Å². The first-order valence-electron chi connectivity index (χ1n) is 12.2. The Morgan fingerprint density at radius 1 is 1.14 bits per heavy atom. The van der Waals surface area contributed by atoms with Crippen molar-refractivity contribution in [1.82, 2.24) is 29.5 Å². The number of hydrogen-bond donors (Lipinski definition) is 2. The molecule has 1 saturated carbocycles. The molecule has 2 aliphatic rings. The van der Waals surface area contributed by atoms with Crippen molar-refractivity contribution in [3.63, 3.8) is 0 Å². The molecule has 35 heavy (non-hydrogen) atoms. The van der Waals surface area contributed by atoms with Crippen LogP contribution in [-0.2, 0) is 31.5 Å². The number of rotatable bonds is 10. The fourth-order valence-electron chi connectivity index (χ4n) is 5.30. The molecule has 0 bridgehead atoms. The maximum atomic E-state index is 11.5. The molecule has 2 aromatic heterocycles. The van der Waals surface area contributed by atoms with E-state index in [0.717, 1.165) is 42.9 Å². The summed E-state index contributed by atoms with van der Waals surface area (Å²) in [5.41, 5.74) is 0.933.